The number of rotatable bonds is 4. The predicted molar refractivity (Wildman–Crippen MR) is 71.9 cm³/mol. The molecule has 1 heterocycles. The Hall–Kier alpha value is -0.360. The van der Waals surface area contributed by atoms with Crippen LogP contribution in [0.3, 0.4) is 0 Å². The van der Waals surface area contributed by atoms with Crippen molar-refractivity contribution in [1.82, 2.24) is 10.3 Å². The van der Waals surface area contributed by atoms with E-state index in [9.17, 15) is 4.79 Å². The first kappa shape index (κ1) is 18.0. The van der Waals surface area contributed by atoms with Gasteiger partial charge >= 0.3 is 0 Å². The average Bonchev–Trinajstić information content (AvgIpc) is 2.45. The maximum Gasteiger partial charge on any atom is 0.233 e. The molecular weight excluding hydrogens is 269 g/mol. The first-order chi connectivity index (χ1) is 6.63. The largest absolute Gasteiger partial charge is 0.355 e. The Labute approximate surface area is 112 Å². The van der Waals surface area contributed by atoms with E-state index in [-0.39, 0.29) is 37.3 Å². The quantitative estimate of drug-likeness (QED) is 0.874. The Kier molecular flexibility index (Phi) is 9.86. The highest BCUT2D eigenvalue weighted by atomic mass is 35.5. The molecule has 0 radical (unpaired) electrons. The van der Waals surface area contributed by atoms with E-state index in [0.29, 0.717) is 6.54 Å². The first-order valence-corrected chi connectivity index (χ1v) is 5.34. The standard InChI is InChI=1S/C9H15N3OS.2ClH/c1-6-8(14-7(2)12-6)3-4-11-9(13)5-10;;/h3-5,10H2,1-2H3,(H,11,13);2*1H. The van der Waals surface area contributed by atoms with Gasteiger partial charge in [0, 0.05) is 17.8 Å². The number of aryl methyl sites for hydroxylation is 2. The highest BCUT2D eigenvalue weighted by Gasteiger charge is 2.04. The molecule has 0 fully saturated rings. The normalized spacial score (nSPS) is 8.94. The number of carbonyl (C=O) groups excluding carboxylic acids is 1. The maximum absolute atomic E-state index is 10.8. The molecule has 7 heteroatoms. The summed E-state index contributed by atoms with van der Waals surface area (Å²) in [4.78, 5) is 16.4. The zero-order valence-corrected chi connectivity index (χ0v) is 11.7. The summed E-state index contributed by atoms with van der Waals surface area (Å²) in [7, 11) is 0. The third-order valence-corrected chi connectivity index (χ3v) is 2.99. The van der Waals surface area contributed by atoms with Crippen molar-refractivity contribution in [1.29, 1.82) is 0 Å². The first-order valence-electron chi connectivity index (χ1n) is 4.53. The second kappa shape index (κ2) is 8.75. The number of nitrogens with one attached hydrogen (secondary N) is 1. The van der Waals surface area contributed by atoms with Crippen molar-refractivity contribution in [2.75, 3.05) is 13.1 Å². The minimum absolute atomic E-state index is 0. The molecule has 1 amide bonds. The van der Waals surface area contributed by atoms with Gasteiger partial charge in [-0.15, -0.1) is 36.2 Å². The summed E-state index contributed by atoms with van der Waals surface area (Å²) < 4.78 is 0. The van der Waals surface area contributed by atoms with Gasteiger partial charge in [0.25, 0.3) is 0 Å². The van der Waals surface area contributed by atoms with E-state index < -0.39 is 0 Å². The van der Waals surface area contributed by atoms with E-state index in [2.05, 4.69) is 10.3 Å². The van der Waals surface area contributed by atoms with Crippen molar-refractivity contribution < 1.29 is 4.79 Å². The van der Waals surface area contributed by atoms with Crippen molar-refractivity contribution in [2.45, 2.75) is 20.3 Å². The number of hydrogen-bond acceptors (Lipinski definition) is 4. The van der Waals surface area contributed by atoms with Gasteiger partial charge in [0.2, 0.25) is 5.91 Å². The Morgan fingerprint density at radius 1 is 1.44 bits per heavy atom. The van der Waals surface area contributed by atoms with Crippen LogP contribution in [-0.4, -0.2) is 24.0 Å². The lowest BCUT2D eigenvalue weighted by Crippen LogP contribution is -2.31. The van der Waals surface area contributed by atoms with Gasteiger partial charge in [0.05, 0.1) is 17.2 Å². The molecule has 0 unspecified atom stereocenters. The summed E-state index contributed by atoms with van der Waals surface area (Å²) in [6, 6.07) is 0. The van der Waals surface area contributed by atoms with Crippen LogP contribution in [0, 0.1) is 13.8 Å². The molecule has 0 aliphatic heterocycles. The smallest absolute Gasteiger partial charge is 0.233 e. The number of thiazole rings is 1. The van der Waals surface area contributed by atoms with Gasteiger partial charge in [-0.1, -0.05) is 0 Å². The van der Waals surface area contributed by atoms with Crippen LogP contribution in [0.25, 0.3) is 0 Å². The van der Waals surface area contributed by atoms with Crippen molar-refractivity contribution in [3.63, 3.8) is 0 Å². The molecule has 1 aromatic heterocycles. The van der Waals surface area contributed by atoms with E-state index in [4.69, 9.17) is 5.73 Å². The lowest BCUT2D eigenvalue weighted by molar-refractivity contribution is -0.119. The number of nitrogens with two attached hydrogens (primary N) is 1. The molecule has 1 aromatic rings. The second-order valence-corrected chi connectivity index (χ2v) is 4.33. The van der Waals surface area contributed by atoms with Crippen molar-refractivity contribution in [3.8, 4) is 0 Å². The van der Waals surface area contributed by atoms with Crippen LogP contribution >= 0.6 is 36.2 Å². The fraction of sp³-hybridized carbons (Fsp3) is 0.556. The number of aromatic nitrogens is 1. The summed E-state index contributed by atoms with van der Waals surface area (Å²) in [5.41, 5.74) is 6.23. The average molecular weight is 286 g/mol. The molecule has 4 nitrogen and oxygen atoms in total. The highest BCUT2D eigenvalue weighted by Crippen LogP contribution is 2.16. The lowest BCUT2D eigenvalue weighted by atomic mass is 10.3. The Morgan fingerprint density at radius 3 is 2.50 bits per heavy atom. The molecule has 0 atom stereocenters. The summed E-state index contributed by atoms with van der Waals surface area (Å²) in [6.45, 7) is 4.67. The van der Waals surface area contributed by atoms with E-state index >= 15 is 0 Å². The molecule has 0 spiro atoms. The zero-order chi connectivity index (χ0) is 10.6. The summed E-state index contributed by atoms with van der Waals surface area (Å²) in [5, 5.41) is 3.80. The lowest BCUT2D eigenvalue weighted by Gasteiger charge is -2.01. The molecule has 3 N–H and O–H groups in total. The molecule has 94 valence electrons. The van der Waals surface area contributed by atoms with Gasteiger partial charge < -0.3 is 11.1 Å². The third-order valence-electron chi connectivity index (χ3n) is 1.86. The maximum atomic E-state index is 10.8. The zero-order valence-electron chi connectivity index (χ0n) is 9.28. The van der Waals surface area contributed by atoms with Gasteiger partial charge in [-0.2, -0.15) is 0 Å². The topological polar surface area (TPSA) is 68.0 Å². The molecule has 0 saturated carbocycles. The minimum Gasteiger partial charge on any atom is -0.355 e. The van der Waals surface area contributed by atoms with Crippen LogP contribution in [0.15, 0.2) is 0 Å². The summed E-state index contributed by atoms with van der Waals surface area (Å²) >= 11 is 1.68. The van der Waals surface area contributed by atoms with Crippen LogP contribution < -0.4 is 11.1 Å². The van der Waals surface area contributed by atoms with Gasteiger partial charge in [-0.3, -0.25) is 4.79 Å². The van der Waals surface area contributed by atoms with Crippen LogP contribution in [0.5, 0.6) is 0 Å². The fourth-order valence-electron chi connectivity index (χ4n) is 1.19. The molecule has 16 heavy (non-hydrogen) atoms. The van der Waals surface area contributed by atoms with Crippen molar-refractivity contribution >= 4 is 42.1 Å². The number of halogens is 2. The SMILES string of the molecule is Cc1nc(C)c(CCNC(=O)CN)s1.Cl.Cl. The predicted octanol–water partition coefficient (Wildman–Crippen LogP) is 1.22. The molecule has 0 bridgehead atoms. The van der Waals surface area contributed by atoms with Crippen LogP contribution in [0.1, 0.15) is 15.6 Å². The van der Waals surface area contributed by atoms with E-state index in [1.165, 1.54) is 4.88 Å². The van der Waals surface area contributed by atoms with Crippen molar-refractivity contribution in [2.24, 2.45) is 5.73 Å². The van der Waals surface area contributed by atoms with Crippen LogP contribution in [0.4, 0.5) is 0 Å². The number of hydrogen-bond donors (Lipinski definition) is 2. The van der Waals surface area contributed by atoms with Crippen LogP contribution in [-0.2, 0) is 11.2 Å². The van der Waals surface area contributed by atoms with Crippen molar-refractivity contribution in [3.05, 3.63) is 15.6 Å². The fourth-order valence-corrected chi connectivity index (χ4v) is 2.13. The number of amides is 1. The van der Waals surface area contributed by atoms with Crippen LogP contribution in [0.2, 0.25) is 0 Å². The molecule has 0 saturated heterocycles. The second-order valence-electron chi connectivity index (χ2n) is 3.05. The Morgan fingerprint density at radius 2 is 2.06 bits per heavy atom. The number of nitrogens with zero attached hydrogens (tertiary/aromatic N) is 1. The molecular formula is C9H17Cl2N3OS. The van der Waals surface area contributed by atoms with Gasteiger partial charge in [-0.05, 0) is 13.8 Å². The Bertz CT molecular complexity index is 331. The number of carbonyl (C=O) groups is 1. The summed E-state index contributed by atoms with van der Waals surface area (Å²) in [6.07, 6.45) is 0.836. The minimum atomic E-state index is -0.108. The monoisotopic (exact) mass is 285 g/mol. The molecule has 0 aliphatic carbocycles. The highest BCUT2D eigenvalue weighted by molar-refractivity contribution is 7.11. The van der Waals surface area contributed by atoms with Gasteiger partial charge in [0.1, 0.15) is 0 Å². The summed E-state index contributed by atoms with van der Waals surface area (Å²) in [5.74, 6) is -0.108. The molecule has 1 rings (SSSR count). The molecule has 0 aliphatic rings. The van der Waals surface area contributed by atoms with E-state index in [1.54, 1.807) is 11.3 Å². The third kappa shape index (κ3) is 5.65. The molecule has 0 aromatic carbocycles. The van der Waals surface area contributed by atoms with Gasteiger partial charge in [0.15, 0.2) is 0 Å². The van der Waals surface area contributed by atoms with E-state index in [1.807, 2.05) is 13.8 Å². The van der Waals surface area contributed by atoms with Gasteiger partial charge in [-0.25, -0.2) is 4.98 Å². The Balaban J connectivity index is 0. The van der Waals surface area contributed by atoms with E-state index in [0.717, 1.165) is 17.1 Å².